The summed E-state index contributed by atoms with van der Waals surface area (Å²) in [5, 5.41) is 6.41. The number of aromatic amines is 1. The molecule has 19 heavy (non-hydrogen) atoms. The van der Waals surface area contributed by atoms with Crippen molar-refractivity contribution >= 4 is 5.78 Å². The SMILES string of the molecule is CC(C)c1nc2nc(C3CCCCN3)cc(=O)n2[nH]1. The molecule has 6 nitrogen and oxygen atoms in total. The molecule has 2 aromatic heterocycles. The van der Waals surface area contributed by atoms with Crippen LogP contribution in [0.25, 0.3) is 5.78 Å². The van der Waals surface area contributed by atoms with E-state index in [1.807, 2.05) is 13.8 Å². The number of piperidine rings is 1. The number of aromatic nitrogens is 4. The number of hydrogen-bond acceptors (Lipinski definition) is 4. The quantitative estimate of drug-likeness (QED) is 0.856. The van der Waals surface area contributed by atoms with Gasteiger partial charge in [0, 0.05) is 18.0 Å². The monoisotopic (exact) mass is 261 g/mol. The van der Waals surface area contributed by atoms with Gasteiger partial charge < -0.3 is 5.32 Å². The lowest BCUT2D eigenvalue weighted by Crippen LogP contribution is -2.29. The van der Waals surface area contributed by atoms with Gasteiger partial charge in [-0.1, -0.05) is 20.3 Å². The molecule has 1 unspecified atom stereocenters. The normalized spacial score (nSPS) is 20.3. The van der Waals surface area contributed by atoms with Crippen LogP contribution in [-0.2, 0) is 0 Å². The van der Waals surface area contributed by atoms with Gasteiger partial charge in [-0.25, -0.2) is 4.98 Å². The van der Waals surface area contributed by atoms with Crippen molar-refractivity contribution in [3.63, 3.8) is 0 Å². The lowest BCUT2D eigenvalue weighted by molar-refractivity contribution is 0.405. The fourth-order valence-electron chi connectivity index (χ4n) is 2.46. The minimum atomic E-state index is -0.0910. The van der Waals surface area contributed by atoms with Crippen LogP contribution in [0, 0.1) is 0 Å². The third kappa shape index (κ3) is 2.28. The summed E-state index contributed by atoms with van der Waals surface area (Å²) in [4.78, 5) is 21.0. The van der Waals surface area contributed by atoms with Gasteiger partial charge in [0.1, 0.15) is 5.82 Å². The van der Waals surface area contributed by atoms with E-state index in [2.05, 4.69) is 20.4 Å². The van der Waals surface area contributed by atoms with Gasteiger partial charge in [-0.15, -0.1) is 0 Å². The van der Waals surface area contributed by atoms with Crippen molar-refractivity contribution in [3.8, 4) is 0 Å². The van der Waals surface area contributed by atoms with Crippen LogP contribution < -0.4 is 10.9 Å². The fraction of sp³-hybridized carbons (Fsp3) is 0.615. The molecule has 0 bridgehead atoms. The van der Waals surface area contributed by atoms with Gasteiger partial charge in [-0.05, 0) is 19.4 Å². The van der Waals surface area contributed by atoms with Crippen LogP contribution in [0.1, 0.15) is 56.6 Å². The summed E-state index contributed by atoms with van der Waals surface area (Å²) in [5.74, 6) is 1.51. The minimum absolute atomic E-state index is 0.0910. The lowest BCUT2D eigenvalue weighted by atomic mass is 10.0. The highest BCUT2D eigenvalue weighted by molar-refractivity contribution is 5.29. The summed E-state index contributed by atoms with van der Waals surface area (Å²) in [6.07, 6.45) is 3.40. The Hall–Kier alpha value is -1.69. The number of H-pyrrole nitrogens is 1. The molecule has 1 aliphatic heterocycles. The first kappa shape index (κ1) is 12.3. The predicted octanol–water partition coefficient (Wildman–Crippen LogP) is 1.36. The van der Waals surface area contributed by atoms with Crippen LogP contribution in [-0.4, -0.2) is 26.1 Å². The van der Waals surface area contributed by atoms with Crippen molar-refractivity contribution in [1.29, 1.82) is 0 Å². The van der Waals surface area contributed by atoms with Gasteiger partial charge in [0.05, 0.1) is 5.69 Å². The van der Waals surface area contributed by atoms with Crippen molar-refractivity contribution in [3.05, 3.63) is 27.9 Å². The molecular weight excluding hydrogens is 242 g/mol. The minimum Gasteiger partial charge on any atom is -0.309 e. The molecule has 1 saturated heterocycles. The molecule has 3 rings (SSSR count). The van der Waals surface area contributed by atoms with Crippen LogP contribution in [0.3, 0.4) is 0 Å². The standard InChI is InChI=1S/C13H19N5O/c1-8(2)12-16-13-15-10(7-11(19)18(13)17-12)9-5-3-4-6-14-9/h7-9,14H,3-6H2,1-2H3,(H,15,16,17). The van der Waals surface area contributed by atoms with Gasteiger partial charge in [0.25, 0.3) is 11.3 Å². The molecule has 0 radical (unpaired) electrons. The summed E-state index contributed by atoms with van der Waals surface area (Å²) in [5.41, 5.74) is 0.721. The summed E-state index contributed by atoms with van der Waals surface area (Å²) in [6.45, 7) is 5.06. The molecule has 1 fully saturated rings. The smallest absolute Gasteiger partial charge is 0.274 e. The van der Waals surface area contributed by atoms with E-state index in [1.54, 1.807) is 6.07 Å². The summed E-state index contributed by atoms with van der Waals surface area (Å²) >= 11 is 0. The van der Waals surface area contributed by atoms with E-state index >= 15 is 0 Å². The van der Waals surface area contributed by atoms with Gasteiger partial charge in [0.2, 0.25) is 0 Å². The summed E-state index contributed by atoms with van der Waals surface area (Å²) in [6, 6.07) is 1.80. The van der Waals surface area contributed by atoms with Crippen LogP contribution in [0.2, 0.25) is 0 Å². The van der Waals surface area contributed by atoms with E-state index in [-0.39, 0.29) is 17.5 Å². The molecule has 0 aromatic carbocycles. The Balaban J connectivity index is 2.05. The molecule has 3 heterocycles. The first-order valence-corrected chi connectivity index (χ1v) is 6.88. The van der Waals surface area contributed by atoms with E-state index in [9.17, 15) is 4.79 Å². The third-order valence-electron chi connectivity index (χ3n) is 3.58. The molecule has 0 spiro atoms. The van der Waals surface area contributed by atoms with Crippen molar-refractivity contribution in [1.82, 2.24) is 24.9 Å². The average Bonchev–Trinajstić information content (AvgIpc) is 2.84. The van der Waals surface area contributed by atoms with Gasteiger partial charge in [0.15, 0.2) is 0 Å². The topological polar surface area (TPSA) is 75.1 Å². The molecule has 2 aromatic rings. The first-order valence-electron chi connectivity index (χ1n) is 6.88. The Morgan fingerprint density at radius 2 is 2.21 bits per heavy atom. The van der Waals surface area contributed by atoms with Crippen molar-refractivity contribution in [2.24, 2.45) is 0 Å². The zero-order chi connectivity index (χ0) is 13.4. The maximum Gasteiger partial charge on any atom is 0.274 e. The zero-order valence-corrected chi connectivity index (χ0v) is 11.3. The first-order chi connectivity index (χ1) is 9.15. The van der Waals surface area contributed by atoms with Gasteiger partial charge in [-0.3, -0.25) is 9.89 Å². The van der Waals surface area contributed by atoms with Crippen LogP contribution in [0.15, 0.2) is 10.9 Å². The average molecular weight is 261 g/mol. The van der Waals surface area contributed by atoms with Crippen molar-refractivity contribution in [2.75, 3.05) is 6.54 Å². The zero-order valence-electron chi connectivity index (χ0n) is 11.3. The molecule has 0 aliphatic carbocycles. The molecule has 0 saturated carbocycles. The van der Waals surface area contributed by atoms with Gasteiger partial charge in [-0.2, -0.15) is 9.50 Å². The lowest BCUT2D eigenvalue weighted by Gasteiger charge is -2.22. The molecule has 2 N–H and O–H groups in total. The summed E-state index contributed by atoms with van der Waals surface area (Å²) in [7, 11) is 0. The van der Waals surface area contributed by atoms with Crippen LogP contribution >= 0.6 is 0 Å². The molecular formula is C13H19N5O. The molecule has 1 aliphatic rings. The second kappa shape index (κ2) is 4.77. The number of hydrogen-bond donors (Lipinski definition) is 2. The second-order valence-corrected chi connectivity index (χ2v) is 5.42. The molecule has 0 amide bonds. The van der Waals surface area contributed by atoms with E-state index in [4.69, 9.17) is 0 Å². The largest absolute Gasteiger partial charge is 0.309 e. The Kier molecular flexibility index (Phi) is 3.10. The second-order valence-electron chi connectivity index (χ2n) is 5.42. The summed E-state index contributed by atoms with van der Waals surface area (Å²) < 4.78 is 1.42. The Labute approximate surface area is 111 Å². The van der Waals surface area contributed by atoms with Crippen molar-refractivity contribution in [2.45, 2.75) is 45.1 Å². The molecule has 6 heteroatoms. The van der Waals surface area contributed by atoms with Gasteiger partial charge >= 0.3 is 0 Å². The maximum absolute atomic E-state index is 12.1. The number of fused-ring (bicyclic) bond motifs is 1. The molecule has 102 valence electrons. The highest BCUT2D eigenvalue weighted by Gasteiger charge is 2.18. The Bertz CT molecular complexity index is 636. The Morgan fingerprint density at radius 1 is 1.37 bits per heavy atom. The van der Waals surface area contributed by atoms with Crippen LogP contribution in [0.5, 0.6) is 0 Å². The third-order valence-corrected chi connectivity index (χ3v) is 3.58. The number of nitrogens with one attached hydrogen (secondary N) is 2. The van der Waals surface area contributed by atoms with E-state index < -0.39 is 0 Å². The number of nitrogens with zero attached hydrogens (tertiary/aromatic N) is 3. The highest BCUT2D eigenvalue weighted by atomic mass is 16.1. The maximum atomic E-state index is 12.1. The number of rotatable bonds is 2. The van der Waals surface area contributed by atoms with Crippen LogP contribution in [0.4, 0.5) is 0 Å². The molecule has 1 atom stereocenters. The van der Waals surface area contributed by atoms with E-state index in [0.29, 0.717) is 5.78 Å². The van der Waals surface area contributed by atoms with E-state index in [1.165, 1.54) is 17.4 Å². The predicted molar refractivity (Wildman–Crippen MR) is 72.3 cm³/mol. The fourth-order valence-corrected chi connectivity index (χ4v) is 2.46. The van der Waals surface area contributed by atoms with E-state index in [0.717, 1.165) is 24.5 Å². The highest BCUT2D eigenvalue weighted by Crippen LogP contribution is 2.20. The van der Waals surface area contributed by atoms with Crippen molar-refractivity contribution < 1.29 is 0 Å². The Morgan fingerprint density at radius 3 is 2.89 bits per heavy atom.